The Labute approximate surface area is 87.7 Å². The molecular weight excluding hydrogens is 172 g/mol. The molecule has 0 heterocycles. The van der Waals surface area contributed by atoms with Crippen molar-refractivity contribution in [2.45, 2.75) is 64.5 Å². The summed E-state index contributed by atoms with van der Waals surface area (Å²) in [6, 6.07) is 3.22. The SMILES string of the molecule is CCC(CC#N)NC(C)CC1CCC1. The van der Waals surface area contributed by atoms with Crippen LogP contribution in [-0.4, -0.2) is 12.1 Å². The Morgan fingerprint density at radius 2 is 2.21 bits per heavy atom. The lowest BCUT2D eigenvalue weighted by Gasteiger charge is -2.30. The number of hydrogen-bond acceptors (Lipinski definition) is 2. The highest BCUT2D eigenvalue weighted by Gasteiger charge is 2.20. The highest BCUT2D eigenvalue weighted by Crippen LogP contribution is 2.30. The molecule has 0 amide bonds. The third-order valence-corrected chi connectivity index (χ3v) is 3.26. The van der Waals surface area contributed by atoms with E-state index in [0.29, 0.717) is 18.5 Å². The minimum Gasteiger partial charge on any atom is -0.310 e. The van der Waals surface area contributed by atoms with Crippen LogP contribution in [0.15, 0.2) is 0 Å². The van der Waals surface area contributed by atoms with Crippen LogP contribution in [0.4, 0.5) is 0 Å². The van der Waals surface area contributed by atoms with Gasteiger partial charge in [-0.1, -0.05) is 26.2 Å². The molecule has 0 aromatic carbocycles. The minimum atomic E-state index is 0.398. The quantitative estimate of drug-likeness (QED) is 0.705. The molecule has 1 aliphatic rings. The Kier molecular flexibility index (Phi) is 4.97. The zero-order valence-electron chi connectivity index (χ0n) is 9.42. The van der Waals surface area contributed by atoms with Gasteiger partial charge in [0.05, 0.1) is 12.5 Å². The van der Waals surface area contributed by atoms with E-state index in [1.165, 1.54) is 25.7 Å². The highest BCUT2D eigenvalue weighted by atomic mass is 14.9. The summed E-state index contributed by atoms with van der Waals surface area (Å²) in [6.45, 7) is 4.39. The average molecular weight is 194 g/mol. The lowest BCUT2D eigenvalue weighted by molar-refractivity contribution is 0.256. The van der Waals surface area contributed by atoms with Crippen molar-refractivity contribution >= 4 is 0 Å². The van der Waals surface area contributed by atoms with Crippen LogP contribution in [0.3, 0.4) is 0 Å². The first-order valence-corrected chi connectivity index (χ1v) is 5.89. The Morgan fingerprint density at radius 1 is 1.50 bits per heavy atom. The maximum absolute atomic E-state index is 8.63. The monoisotopic (exact) mass is 194 g/mol. The maximum atomic E-state index is 8.63. The van der Waals surface area contributed by atoms with Crippen LogP contribution in [0.5, 0.6) is 0 Å². The molecule has 1 N–H and O–H groups in total. The first-order chi connectivity index (χ1) is 6.76. The van der Waals surface area contributed by atoms with Gasteiger partial charge in [0.25, 0.3) is 0 Å². The molecule has 0 aliphatic heterocycles. The van der Waals surface area contributed by atoms with Gasteiger partial charge in [0.1, 0.15) is 0 Å². The van der Waals surface area contributed by atoms with Gasteiger partial charge in [-0.15, -0.1) is 0 Å². The fourth-order valence-corrected chi connectivity index (χ4v) is 2.13. The van der Waals surface area contributed by atoms with E-state index < -0.39 is 0 Å². The minimum absolute atomic E-state index is 0.398. The third kappa shape index (κ3) is 3.67. The average Bonchev–Trinajstić information content (AvgIpc) is 2.11. The van der Waals surface area contributed by atoms with Gasteiger partial charge in [0.2, 0.25) is 0 Å². The predicted molar refractivity (Wildman–Crippen MR) is 58.9 cm³/mol. The molecule has 0 aromatic heterocycles. The summed E-state index contributed by atoms with van der Waals surface area (Å²) in [5.41, 5.74) is 0. The standard InChI is InChI=1S/C12H22N2/c1-3-12(7-8-13)14-10(2)9-11-5-4-6-11/h10-12,14H,3-7,9H2,1-2H3. The molecule has 2 nitrogen and oxygen atoms in total. The van der Waals surface area contributed by atoms with Crippen molar-refractivity contribution in [2.24, 2.45) is 5.92 Å². The second kappa shape index (κ2) is 6.03. The summed E-state index contributed by atoms with van der Waals surface area (Å²) < 4.78 is 0. The normalized spacial score (nSPS) is 20.9. The molecule has 0 spiro atoms. The fourth-order valence-electron chi connectivity index (χ4n) is 2.13. The molecule has 2 atom stereocenters. The zero-order valence-corrected chi connectivity index (χ0v) is 9.42. The molecule has 0 saturated heterocycles. The van der Waals surface area contributed by atoms with Crippen molar-refractivity contribution in [1.82, 2.24) is 5.32 Å². The van der Waals surface area contributed by atoms with E-state index in [2.05, 4.69) is 25.2 Å². The summed E-state index contributed by atoms with van der Waals surface area (Å²) in [7, 11) is 0. The van der Waals surface area contributed by atoms with Gasteiger partial charge >= 0.3 is 0 Å². The number of rotatable bonds is 6. The van der Waals surface area contributed by atoms with Crippen molar-refractivity contribution in [3.8, 4) is 6.07 Å². The van der Waals surface area contributed by atoms with Crippen LogP contribution in [0.25, 0.3) is 0 Å². The molecule has 1 rings (SSSR count). The first-order valence-electron chi connectivity index (χ1n) is 5.89. The van der Waals surface area contributed by atoms with Gasteiger partial charge in [-0.05, 0) is 25.7 Å². The molecule has 1 saturated carbocycles. The van der Waals surface area contributed by atoms with Crippen molar-refractivity contribution in [3.05, 3.63) is 0 Å². The number of nitrogens with one attached hydrogen (secondary N) is 1. The van der Waals surface area contributed by atoms with Crippen molar-refractivity contribution in [3.63, 3.8) is 0 Å². The Balaban J connectivity index is 2.16. The largest absolute Gasteiger partial charge is 0.310 e. The molecule has 2 unspecified atom stereocenters. The second-order valence-electron chi connectivity index (χ2n) is 4.57. The lowest BCUT2D eigenvalue weighted by Crippen LogP contribution is -2.37. The van der Waals surface area contributed by atoms with Crippen molar-refractivity contribution < 1.29 is 0 Å². The molecular formula is C12H22N2. The molecule has 1 aliphatic carbocycles. The summed E-state index contributed by atoms with van der Waals surface area (Å²) >= 11 is 0. The van der Waals surface area contributed by atoms with Crippen LogP contribution in [0.1, 0.15) is 52.4 Å². The van der Waals surface area contributed by atoms with E-state index in [4.69, 9.17) is 5.26 Å². The summed E-state index contributed by atoms with van der Waals surface area (Å²) in [6.07, 6.45) is 7.25. The van der Waals surface area contributed by atoms with Crippen LogP contribution in [0.2, 0.25) is 0 Å². The summed E-state index contributed by atoms with van der Waals surface area (Å²) in [5, 5.41) is 12.2. The van der Waals surface area contributed by atoms with Gasteiger partial charge in [-0.25, -0.2) is 0 Å². The molecule has 0 bridgehead atoms. The Morgan fingerprint density at radius 3 is 2.64 bits per heavy atom. The van der Waals surface area contributed by atoms with E-state index in [9.17, 15) is 0 Å². The molecule has 14 heavy (non-hydrogen) atoms. The lowest BCUT2D eigenvalue weighted by atomic mass is 9.81. The van der Waals surface area contributed by atoms with Gasteiger partial charge in [-0.3, -0.25) is 0 Å². The van der Waals surface area contributed by atoms with Gasteiger partial charge < -0.3 is 5.32 Å². The Bertz CT molecular complexity index is 191. The van der Waals surface area contributed by atoms with Crippen LogP contribution in [-0.2, 0) is 0 Å². The van der Waals surface area contributed by atoms with E-state index in [1.54, 1.807) is 0 Å². The molecule has 1 fully saturated rings. The van der Waals surface area contributed by atoms with Gasteiger partial charge in [0.15, 0.2) is 0 Å². The number of nitriles is 1. The van der Waals surface area contributed by atoms with Crippen molar-refractivity contribution in [2.75, 3.05) is 0 Å². The topological polar surface area (TPSA) is 35.8 Å². The number of hydrogen-bond donors (Lipinski definition) is 1. The van der Waals surface area contributed by atoms with Gasteiger partial charge in [-0.2, -0.15) is 5.26 Å². The zero-order chi connectivity index (χ0) is 10.4. The van der Waals surface area contributed by atoms with E-state index in [0.717, 1.165) is 12.3 Å². The fraction of sp³-hybridized carbons (Fsp3) is 0.917. The molecule has 0 aromatic rings. The Hall–Kier alpha value is -0.550. The molecule has 2 heteroatoms. The smallest absolute Gasteiger partial charge is 0.0638 e. The van der Waals surface area contributed by atoms with E-state index >= 15 is 0 Å². The number of nitrogens with zero attached hydrogens (tertiary/aromatic N) is 1. The summed E-state index contributed by atoms with van der Waals surface area (Å²) in [4.78, 5) is 0. The van der Waals surface area contributed by atoms with Crippen molar-refractivity contribution in [1.29, 1.82) is 5.26 Å². The van der Waals surface area contributed by atoms with Crippen LogP contribution < -0.4 is 5.32 Å². The van der Waals surface area contributed by atoms with Gasteiger partial charge in [0, 0.05) is 12.1 Å². The van der Waals surface area contributed by atoms with E-state index in [-0.39, 0.29) is 0 Å². The first kappa shape index (κ1) is 11.5. The predicted octanol–water partition coefficient (Wildman–Crippen LogP) is 2.85. The molecule has 0 radical (unpaired) electrons. The van der Waals surface area contributed by atoms with Crippen LogP contribution in [0, 0.1) is 17.2 Å². The summed E-state index contributed by atoms with van der Waals surface area (Å²) in [5.74, 6) is 0.956. The third-order valence-electron chi connectivity index (χ3n) is 3.26. The second-order valence-corrected chi connectivity index (χ2v) is 4.57. The van der Waals surface area contributed by atoms with Crippen LogP contribution >= 0.6 is 0 Å². The van der Waals surface area contributed by atoms with E-state index in [1.807, 2.05) is 0 Å². The maximum Gasteiger partial charge on any atom is 0.0638 e. The molecule has 80 valence electrons. The highest BCUT2D eigenvalue weighted by molar-refractivity contribution is 4.83.